The molecule has 0 fully saturated rings. The van der Waals surface area contributed by atoms with Gasteiger partial charge in [-0.25, -0.2) is 4.99 Å². The van der Waals surface area contributed by atoms with Crippen LogP contribution in [0, 0.1) is 0 Å². The first-order valence-corrected chi connectivity index (χ1v) is 3.41. The number of thiol groups is 1. The van der Waals surface area contributed by atoms with Gasteiger partial charge in [0, 0.05) is 0 Å². The molecule has 0 unspecified atom stereocenters. The Labute approximate surface area is 65.6 Å². The Morgan fingerprint density at radius 1 is 1.90 bits per heavy atom. The number of allylic oxidation sites excluding steroid dienone is 1. The average molecular weight is 158 g/mol. The maximum absolute atomic E-state index is 10.6. The second-order valence-corrected chi connectivity index (χ2v) is 1.85. The maximum Gasteiger partial charge on any atom is 0.235 e. The third-order valence-corrected chi connectivity index (χ3v) is 1.14. The molecule has 56 valence electrons. The smallest absolute Gasteiger partial charge is 0.235 e. The van der Waals surface area contributed by atoms with Crippen molar-refractivity contribution in [2.75, 3.05) is 5.75 Å². The van der Waals surface area contributed by atoms with Crippen molar-refractivity contribution in [3.05, 3.63) is 11.9 Å². The lowest BCUT2D eigenvalue weighted by Crippen LogP contribution is -2.22. The van der Waals surface area contributed by atoms with Gasteiger partial charge in [0.25, 0.3) is 0 Å². The van der Waals surface area contributed by atoms with E-state index in [0.29, 0.717) is 5.82 Å². The quantitative estimate of drug-likeness (QED) is 0.458. The van der Waals surface area contributed by atoms with Crippen LogP contribution in [0.15, 0.2) is 16.9 Å². The summed E-state index contributed by atoms with van der Waals surface area (Å²) in [6.07, 6.45) is 1.66. The molecular weight excluding hydrogens is 148 g/mol. The zero-order chi connectivity index (χ0) is 7.98. The molecule has 0 rings (SSSR count). The van der Waals surface area contributed by atoms with E-state index in [0.717, 1.165) is 0 Å². The number of nitrogens with zero attached hydrogens (tertiary/aromatic N) is 1. The number of amides is 1. The van der Waals surface area contributed by atoms with Crippen LogP contribution in [0.3, 0.4) is 0 Å². The van der Waals surface area contributed by atoms with Gasteiger partial charge in [-0.3, -0.25) is 4.79 Å². The van der Waals surface area contributed by atoms with Gasteiger partial charge in [0.05, 0.1) is 5.75 Å². The Morgan fingerprint density at radius 3 is 2.80 bits per heavy atom. The molecule has 0 radical (unpaired) electrons. The Hall–Kier alpha value is -0.770. The third-order valence-electron chi connectivity index (χ3n) is 0.855. The largest absolute Gasteiger partial charge is 0.310 e. The van der Waals surface area contributed by atoms with Crippen LogP contribution in [-0.2, 0) is 4.79 Å². The molecule has 1 N–H and O–H groups in total. The molecule has 0 aromatic heterocycles. The number of nitrogens with one attached hydrogen (secondary N) is 1. The highest BCUT2D eigenvalue weighted by molar-refractivity contribution is 7.81. The molecule has 0 saturated carbocycles. The molecule has 0 aromatic rings. The van der Waals surface area contributed by atoms with Crippen molar-refractivity contribution in [1.82, 2.24) is 5.32 Å². The summed E-state index contributed by atoms with van der Waals surface area (Å²) in [5.74, 6) is 0.454. The van der Waals surface area contributed by atoms with Gasteiger partial charge in [0.15, 0.2) is 0 Å². The number of hydrogen-bond acceptors (Lipinski definition) is 3. The second-order valence-electron chi connectivity index (χ2n) is 1.54. The summed E-state index contributed by atoms with van der Waals surface area (Å²) in [5, 5.41) is 2.48. The van der Waals surface area contributed by atoms with Crippen LogP contribution in [0.4, 0.5) is 0 Å². The molecule has 0 bridgehead atoms. The van der Waals surface area contributed by atoms with E-state index in [1.54, 1.807) is 13.0 Å². The molecule has 0 spiro atoms. The molecular formula is C6H10N2OS. The van der Waals surface area contributed by atoms with Crippen LogP contribution in [0.2, 0.25) is 0 Å². The highest BCUT2D eigenvalue weighted by Gasteiger charge is 1.96. The van der Waals surface area contributed by atoms with Gasteiger partial charge in [-0.2, -0.15) is 12.6 Å². The second kappa shape index (κ2) is 5.05. The minimum absolute atomic E-state index is 0.160. The zero-order valence-corrected chi connectivity index (χ0v) is 6.69. The molecule has 0 saturated heterocycles. The number of hydrogen-bond donors (Lipinski definition) is 2. The summed E-state index contributed by atoms with van der Waals surface area (Å²) in [6.45, 7) is 5.03. The highest BCUT2D eigenvalue weighted by Crippen LogP contribution is 1.88. The molecule has 0 aliphatic rings. The molecule has 0 heterocycles. The summed E-state index contributed by atoms with van der Waals surface area (Å²) in [6, 6.07) is 0. The third kappa shape index (κ3) is 3.29. The lowest BCUT2D eigenvalue weighted by molar-refractivity contribution is -0.117. The topological polar surface area (TPSA) is 41.5 Å². The average Bonchev–Trinajstić information content (AvgIpc) is 1.99. The van der Waals surface area contributed by atoms with E-state index in [-0.39, 0.29) is 11.7 Å². The fourth-order valence-electron chi connectivity index (χ4n) is 0.385. The summed E-state index contributed by atoms with van der Waals surface area (Å²) in [5.41, 5.74) is 0. The minimum Gasteiger partial charge on any atom is -0.310 e. The maximum atomic E-state index is 10.6. The van der Waals surface area contributed by atoms with Crippen molar-refractivity contribution < 1.29 is 4.79 Å². The molecule has 10 heavy (non-hydrogen) atoms. The van der Waals surface area contributed by atoms with Gasteiger partial charge in [-0.1, -0.05) is 0 Å². The first kappa shape index (κ1) is 9.23. The summed E-state index contributed by atoms with van der Waals surface area (Å²) in [4.78, 5) is 14.2. The predicted molar refractivity (Wildman–Crippen MR) is 45.3 cm³/mol. The standard InChI is InChI=1S/C6H10N2OS/c1-3-5(7-2)8-6(9)4-10/h3,10H,2,4H2,1H3,(H,8,9)/b5-3+. The predicted octanol–water partition coefficient (Wildman–Crippen LogP) is 0.594. The molecule has 3 nitrogen and oxygen atoms in total. The lowest BCUT2D eigenvalue weighted by atomic mass is 10.5. The van der Waals surface area contributed by atoms with Crippen molar-refractivity contribution in [1.29, 1.82) is 0 Å². The number of aliphatic imine (C=N–C) groups is 1. The Kier molecular flexibility index (Phi) is 4.66. The van der Waals surface area contributed by atoms with E-state index in [4.69, 9.17) is 0 Å². The summed E-state index contributed by atoms with van der Waals surface area (Å²) in [7, 11) is 0. The fraction of sp³-hybridized carbons (Fsp3) is 0.333. The lowest BCUT2D eigenvalue weighted by Gasteiger charge is -1.99. The summed E-state index contributed by atoms with van der Waals surface area (Å²) < 4.78 is 0. The first-order chi connectivity index (χ1) is 4.74. The van der Waals surface area contributed by atoms with Crippen LogP contribution in [-0.4, -0.2) is 18.4 Å². The van der Waals surface area contributed by atoms with Crippen LogP contribution in [0.1, 0.15) is 6.92 Å². The molecule has 0 aromatic carbocycles. The van der Waals surface area contributed by atoms with Gasteiger partial charge in [0.1, 0.15) is 5.82 Å². The molecule has 0 aliphatic carbocycles. The number of carbonyl (C=O) groups excluding carboxylic acids is 1. The van der Waals surface area contributed by atoms with Gasteiger partial charge in [-0.05, 0) is 19.7 Å². The molecule has 0 atom stereocenters. The van der Waals surface area contributed by atoms with Crippen LogP contribution >= 0.6 is 12.6 Å². The molecule has 1 amide bonds. The van der Waals surface area contributed by atoms with Crippen LogP contribution in [0.25, 0.3) is 0 Å². The van der Waals surface area contributed by atoms with E-state index in [1.165, 1.54) is 0 Å². The van der Waals surface area contributed by atoms with Gasteiger partial charge in [0.2, 0.25) is 5.91 Å². The van der Waals surface area contributed by atoms with E-state index < -0.39 is 0 Å². The Balaban J connectivity index is 3.87. The molecule has 0 aliphatic heterocycles. The zero-order valence-electron chi connectivity index (χ0n) is 5.79. The monoisotopic (exact) mass is 158 g/mol. The van der Waals surface area contributed by atoms with E-state index >= 15 is 0 Å². The van der Waals surface area contributed by atoms with E-state index in [1.807, 2.05) is 0 Å². The van der Waals surface area contributed by atoms with Crippen LogP contribution in [0.5, 0.6) is 0 Å². The minimum atomic E-state index is -0.177. The first-order valence-electron chi connectivity index (χ1n) is 2.78. The van der Waals surface area contributed by atoms with E-state index in [9.17, 15) is 4.79 Å². The van der Waals surface area contributed by atoms with E-state index in [2.05, 4.69) is 29.7 Å². The summed E-state index contributed by atoms with van der Waals surface area (Å²) >= 11 is 3.77. The van der Waals surface area contributed by atoms with Crippen molar-refractivity contribution >= 4 is 25.3 Å². The normalized spacial score (nSPS) is 10.8. The Morgan fingerprint density at radius 2 is 2.50 bits per heavy atom. The van der Waals surface area contributed by atoms with Gasteiger partial charge >= 0.3 is 0 Å². The van der Waals surface area contributed by atoms with Crippen molar-refractivity contribution in [3.63, 3.8) is 0 Å². The number of carbonyl (C=O) groups is 1. The van der Waals surface area contributed by atoms with Crippen molar-refractivity contribution in [3.8, 4) is 0 Å². The van der Waals surface area contributed by atoms with Gasteiger partial charge in [-0.15, -0.1) is 0 Å². The van der Waals surface area contributed by atoms with Crippen LogP contribution < -0.4 is 5.32 Å². The fourth-order valence-corrected chi connectivity index (χ4v) is 0.464. The number of rotatable bonds is 3. The molecule has 4 heteroatoms. The van der Waals surface area contributed by atoms with Gasteiger partial charge < -0.3 is 5.32 Å². The van der Waals surface area contributed by atoms with Crippen molar-refractivity contribution in [2.45, 2.75) is 6.92 Å². The SMILES string of the molecule is C=N/C(=C\C)NC(=O)CS. The Bertz CT molecular complexity index is 165. The van der Waals surface area contributed by atoms with Crippen molar-refractivity contribution in [2.24, 2.45) is 4.99 Å². The highest BCUT2D eigenvalue weighted by atomic mass is 32.1.